The van der Waals surface area contributed by atoms with Crippen LogP contribution in [0.15, 0.2) is 53.0 Å². The number of pyridine rings is 1. The van der Waals surface area contributed by atoms with E-state index < -0.39 is 5.82 Å². The highest BCUT2D eigenvalue weighted by atomic mass is 19.1. The first-order valence-electron chi connectivity index (χ1n) is 10.4. The first kappa shape index (κ1) is 22.3. The summed E-state index contributed by atoms with van der Waals surface area (Å²) in [5.41, 5.74) is 3.09. The van der Waals surface area contributed by atoms with Crippen LogP contribution >= 0.6 is 0 Å². The van der Waals surface area contributed by atoms with E-state index in [2.05, 4.69) is 30.5 Å². The first-order chi connectivity index (χ1) is 16.0. The van der Waals surface area contributed by atoms with Crippen molar-refractivity contribution < 1.29 is 14.2 Å². The molecule has 1 aromatic carbocycles. The highest BCUT2D eigenvalue weighted by molar-refractivity contribution is 5.67. The maximum atomic E-state index is 14.1. The zero-order valence-electron chi connectivity index (χ0n) is 18.4. The molecular weight excluding hydrogens is 427 g/mol. The van der Waals surface area contributed by atoms with Crippen molar-refractivity contribution in [3.63, 3.8) is 0 Å². The molecule has 1 fully saturated rings. The lowest BCUT2D eigenvalue weighted by Crippen LogP contribution is -2.37. The summed E-state index contributed by atoms with van der Waals surface area (Å²) in [5, 5.41) is 21.2. The van der Waals surface area contributed by atoms with Crippen LogP contribution < -0.4 is 15.1 Å². The number of phenolic OH excluding ortho intramolecular Hbond substituents is 1. The van der Waals surface area contributed by atoms with Crippen LogP contribution in [0.2, 0.25) is 0 Å². The Balaban J connectivity index is 1.38. The summed E-state index contributed by atoms with van der Waals surface area (Å²) in [6.45, 7) is 2.41. The summed E-state index contributed by atoms with van der Waals surface area (Å²) in [7, 11) is 3.81. The molecule has 11 heteroatoms. The smallest absolute Gasteiger partial charge is 0.270 e. The van der Waals surface area contributed by atoms with Crippen LogP contribution in [0.4, 0.5) is 33.2 Å². The third-order valence-electron chi connectivity index (χ3n) is 4.95. The second kappa shape index (κ2) is 10.2. The number of benzene rings is 1. The van der Waals surface area contributed by atoms with Gasteiger partial charge in [0.05, 0.1) is 37.0 Å². The molecule has 0 radical (unpaired) electrons. The average molecular weight is 452 g/mol. The number of hydrogen-bond acceptors (Lipinski definition) is 10. The largest absolute Gasteiger partial charge is 0.508 e. The molecule has 1 saturated heterocycles. The molecule has 0 atom stereocenters. The first-order valence-corrected chi connectivity index (χ1v) is 10.4. The monoisotopic (exact) mass is 452 g/mol. The molecule has 172 valence electrons. The number of phenols is 1. The van der Waals surface area contributed by atoms with Gasteiger partial charge in [0.15, 0.2) is 11.6 Å². The maximum absolute atomic E-state index is 14.1. The van der Waals surface area contributed by atoms with Gasteiger partial charge in [0.25, 0.3) is 5.95 Å². The van der Waals surface area contributed by atoms with Gasteiger partial charge in [-0.05, 0) is 18.2 Å². The van der Waals surface area contributed by atoms with E-state index in [1.807, 2.05) is 37.2 Å². The highest BCUT2D eigenvalue weighted by Gasteiger charge is 2.17. The Morgan fingerprint density at radius 3 is 2.67 bits per heavy atom. The Kier molecular flexibility index (Phi) is 6.89. The molecule has 1 aliphatic rings. The molecule has 2 aromatic heterocycles. The summed E-state index contributed by atoms with van der Waals surface area (Å²) in [6.07, 6.45) is 2.78. The second-order valence-corrected chi connectivity index (χ2v) is 7.64. The summed E-state index contributed by atoms with van der Waals surface area (Å²) < 4.78 is 19.4. The van der Waals surface area contributed by atoms with E-state index in [4.69, 9.17) is 4.74 Å². The normalized spacial score (nSPS) is 14.0. The van der Waals surface area contributed by atoms with E-state index >= 15 is 0 Å². The topological polar surface area (TPSA) is 111 Å². The minimum atomic E-state index is -0.495. The van der Waals surface area contributed by atoms with Crippen LogP contribution in [0, 0.1) is 5.82 Å². The fourth-order valence-electron chi connectivity index (χ4n) is 3.25. The number of rotatable bonds is 7. The molecule has 2 N–H and O–H groups in total. The van der Waals surface area contributed by atoms with Crippen molar-refractivity contribution in [2.75, 3.05) is 55.5 Å². The number of morpholine rings is 1. The van der Waals surface area contributed by atoms with Gasteiger partial charge < -0.3 is 25.0 Å². The molecule has 0 saturated carbocycles. The fraction of sp³-hybridized carbons (Fsp3) is 0.318. The van der Waals surface area contributed by atoms with Gasteiger partial charge in [0.1, 0.15) is 12.3 Å². The predicted octanol–water partition coefficient (Wildman–Crippen LogP) is 3.65. The molecule has 10 nitrogen and oxygen atoms in total. The lowest BCUT2D eigenvalue weighted by molar-refractivity contribution is 0.122. The maximum Gasteiger partial charge on any atom is 0.270 e. The fourth-order valence-corrected chi connectivity index (χ4v) is 3.25. The molecule has 3 heterocycles. The van der Waals surface area contributed by atoms with Crippen molar-refractivity contribution in [2.24, 2.45) is 10.2 Å². The van der Waals surface area contributed by atoms with Gasteiger partial charge in [0.2, 0.25) is 0 Å². The molecule has 0 amide bonds. The van der Waals surface area contributed by atoms with Crippen molar-refractivity contribution in [1.82, 2.24) is 15.0 Å². The summed E-state index contributed by atoms with van der Waals surface area (Å²) in [4.78, 5) is 16.2. The van der Waals surface area contributed by atoms with Crippen molar-refractivity contribution >= 4 is 28.8 Å². The van der Waals surface area contributed by atoms with Gasteiger partial charge in [-0.1, -0.05) is 0 Å². The Morgan fingerprint density at radius 2 is 1.94 bits per heavy atom. The van der Waals surface area contributed by atoms with Crippen molar-refractivity contribution in [1.29, 1.82) is 0 Å². The minimum Gasteiger partial charge on any atom is -0.508 e. The second-order valence-electron chi connectivity index (χ2n) is 7.64. The summed E-state index contributed by atoms with van der Waals surface area (Å²) >= 11 is 0. The summed E-state index contributed by atoms with van der Waals surface area (Å²) in [5.74, 6) is -0.0181. The Labute approximate surface area is 190 Å². The Hall–Kier alpha value is -3.86. The molecule has 4 rings (SSSR count). The van der Waals surface area contributed by atoms with Crippen molar-refractivity contribution in [2.45, 2.75) is 6.54 Å². The molecule has 0 spiro atoms. The van der Waals surface area contributed by atoms with E-state index in [9.17, 15) is 9.50 Å². The third kappa shape index (κ3) is 5.89. The number of aromatic nitrogens is 3. The van der Waals surface area contributed by atoms with Gasteiger partial charge in [-0.15, -0.1) is 5.11 Å². The molecule has 0 bridgehead atoms. The minimum absolute atomic E-state index is 0.0942. The van der Waals surface area contributed by atoms with Crippen LogP contribution in [0.3, 0.4) is 0 Å². The van der Waals surface area contributed by atoms with Gasteiger partial charge in [-0.25, -0.2) is 9.37 Å². The van der Waals surface area contributed by atoms with E-state index in [0.717, 1.165) is 23.3 Å². The van der Waals surface area contributed by atoms with Crippen LogP contribution in [0.5, 0.6) is 5.75 Å². The number of ether oxygens (including phenoxy) is 1. The quantitative estimate of drug-likeness (QED) is 0.523. The number of azo groups is 1. The van der Waals surface area contributed by atoms with Gasteiger partial charge >= 0.3 is 0 Å². The number of anilines is 4. The van der Waals surface area contributed by atoms with E-state index in [1.165, 1.54) is 0 Å². The van der Waals surface area contributed by atoms with E-state index in [1.54, 1.807) is 23.2 Å². The van der Waals surface area contributed by atoms with E-state index in [-0.39, 0.29) is 24.1 Å². The third-order valence-corrected chi connectivity index (χ3v) is 4.95. The lowest BCUT2D eigenvalue weighted by atomic mass is 10.2. The lowest BCUT2D eigenvalue weighted by Gasteiger charge is -2.27. The number of halogens is 1. The van der Waals surface area contributed by atoms with Gasteiger partial charge in [0, 0.05) is 50.7 Å². The Morgan fingerprint density at radius 1 is 1.12 bits per heavy atom. The SMILES string of the molecule is CN(C)c1cc(O)cc(Nc2ccc(C/N=N/c3ncc(F)c(N4CCOCC4)n3)nc2)c1. The van der Waals surface area contributed by atoms with E-state index in [0.29, 0.717) is 32.0 Å². The zero-order valence-corrected chi connectivity index (χ0v) is 18.4. The van der Waals surface area contributed by atoms with Crippen LogP contribution in [0.25, 0.3) is 0 Å². The summed E-state index contributed by atoms with van der Waals surface area (Å²) in [6, 6.07) is 8.94. The molecule has 3 aromatic rings. The van der Waals surface area contributed by atoms with Gasteiger partial charge in [-0.2, -0.15) is 10.1 Å². The van der Waals surface area contributed by atoms with Gasteiger partial charge in [-0.3, -0.25) is 4.98 Å². The number of aromatic hydroxyl groups is 1. The molecule has 33 heavy (non-hydrogen) atoms. The predicted molar refractivity (Wildman–Crippen MR) is 123 cm³/mol. The van der Waals surface area contributed by atoms with Crippen LogP contribution in [-0.4, -0.2) is 60.5 Å². The molecule has 0 aliphatic carbocycles. The number of hydrogen-bond donors (Lipinski definition) is 2. The Bertz CT molecular complexity index is 1120. The number of nitrogens with zero attached hydrogens (tertiary/aromatic N) is 7. The van der Waals surface area contributed by atoms with Crippen LogP contribution in [0.1, 0.15) is 5.69 Å². The zero-order chi connectivity index (χ0) is 23.2. The van der Waals surface area contributed by atoms with Crippen LogP contribution in [-0.2, 0) is 11.3 Å². The standard InChI is InChI=1S/C22H25FN8O2/c1-30(2)18-9-17(10-19(32)11-18)27-16-4-3-15(24-12-16)13-26-29-22-25-14-20(23)21(28-22)31-5-7-33-8-6-31/h3-4,9-12,14,27,32H,5-8,13H2,1-2H3/b29-26+. The molecular formula is C22H25FN8O2. The average Bonchev–Trinajstić information content (AvgIpc) is 2.81. The van der Waals surface area contributed by atoms with Crippen molar-refractivity contribution in [3.05, 3.63) is 54.2 Å². The van der Waals surface area contributed by atoms with Crippen molar-refractivity contribution in [3.8, 4) is 5.75 Å². The molecule has 1 aliphatic heterocycles. The highest BCUT2D eigenvalue weighted by Crippen LogP contribution is 2.27. The molecule has 0 unspecified atom stereocenters. The number of nitrogens with one attached hydrogen (secondary N) is 1.